The maximum absolute atomic E-state index is 12.2. The third kappa shape index (κ3) is 5.37. The number of hydrogen-bond acceptors (Lipinski definition) is 6. The molecule has 0 aliphatic carbocycles. The number of methoxy groups -OCH3 is 1. The topological polar surface area (TPSA) is 82.2 Å². The van der Waals surface area contributed by atoms with Crippen molar-refractivity contribution in [1.29, 1.82) is 0 Å². The van der Waals surface area contributed by atoms with Gasteiger partial charge < -0.3 is 14.5 Å². The van der Waals surface area contributed by atoms with Crippen molar-refractivity contribution in [2.24, 2.45) is 0 Å². The van der Waals surface area contributed by atoms with Crippen LogP contribution in [0, 0.1) is 0 Å². The SMILES string of the molecule is COCC(C)NC(=O)CSc1nnc(-c2ccc(Cl)cc2)n1Cc1ccco1. The van der Waals surface area contributed by atoms with Gasteiger partial charge in [-0.15, -0.1) is 10.2 Å². The number of thioether (sulfide) groups is 1. The summed E-state index contributed by atoms with van der Waals surface area (Å²) in [5, 5.41) is 12.8. The van der Waals surface area contributed by atoms with Crippen molar-refractivity contribution >= 4 is 29.3 Å². The van der Waals surface area contributed by atoms with Crippen LogP contribution in [-0.4, -0.2) is 46.2 Å². The van der Waals surface area contributed by atoms with Crippen molar-refractivity contribution in [3.8, 4) is 11.4 Å². The average molecular weight is 421 g/mol. The molecule has 2 aromatic heterocycles. The van der Waals surface area contributed by atoms with Gasteiger partial charge in [0, 0.05) is 23.7 Å². The van der Waals surface area contributed by atoms with Gasteiger partial charge in [-0.25, -0.2) is 0 Å². The highest BCUT2D eigenvalue weighted by Crippen LogP contribution is 2.26. The van der Waals surface area contributed by atoms with Crippen LogP contribution in [-0.2, 0) is 16.1 Å². The molecule has 1 amide bonds. The molecule has 9 heteroatoms. The first-order valence-electron chi connectivity index (χ1n) is 8.69. The fourth-order valence-corrected chi connectivity index (χ4v) is 3.52. The lowest BCUT2D eigenvalue weighted by atomic mass is 10.2. The number of nitrogens with zero attached hydrogens (tertiary/aromatic N) is 3. The lowest BCUT2D eigenvalue weighted by molar-refractivity contribution is -0.119. The normalized spacial score (nSPS) is 12.1. The number of carbonyl (C=O) groups is 1. The zero-order valence-corrected chi connectivity index (χ0v) is 17.2. The highest BCUT2D eigenvalue weighted by molar-refractivity contribution is 7.99. The molecule has 1 aromatic carbocycles. The van der Waals surface area contributed by atoms with Crippen LogP contribution in [0.2, 0.25) is 5.02 Å². The largest absolute Gasteiger partial charge is 0.467 e. The van der Waals surface area contributed by atoms with Gasteiger partial charge in [-0.3, -0.25) is 9.36 Å². The smallest absolute Gasteiger partial charge is 0.230 e. The zero-order valence-electron chi connectivity index (χ0n) is 15.6. The molecule has 0 radical (unpaired) electrons. The van der Waals surface area contributed by atoms with E-state index in [1.54, 1.807) is 25.5 Å². The molecule has 1 unspecified atom stereocenters. The Kier molecular flexibility index (Phi) is 7.13. The lowest BCUT2D eigenvalue weighted by Crippen LogP contribution is -2.36. The highest BCUT2D eigenvalue weighted by Gasteiger charge is 2.17. The molecule has 148 valence electrons. The summed E-state index contributed by atoms with van der Waals surface area (Å²) < 4.78 is 12.4. The van der Waals surface area contributed by atoms with E-state index >= 15 is 0 Å². The maximum atomic E-state index is 12.2. The second-order valence-corrected chi connectivity index (χ2v) is 7.57. The summed E-state index contributed by atoms with van der Waals surface area (Å²) in [6.07, 6.45) is 1.62. The third-order valence-electron chi connectivity index (χ3n) is 3.87. The molecule has 0 saturated heterocycles. The van der Waals surface area contributed by atoms with E-state index in [0.29, 0.717) is 29.2 Å². The van der Waals surface area contributed by atoms with Gasteiger partial charge in [-0.05, 0) is 43.3 Å². The highest BCUT2D eigenvalue weighted by atomic mass is 35.5. The Labute approximate surface area is 172 Å². The summed E-state index contributed by atoms with van der Waals surface area (Å²) in [5.41, 5.74) is 0.883. The van der Waals surface area contributed by atoms with Gasteiger partial charge in [0.25, 0.3) is 0 Å². The maximum Gasteiger partial charge on any atom is 0.230 e. The minimum atomic E-state index is -0.0878. The molecular formula is C19H21ClN4O3S. The summed E-state index contributed by atoms with van der Waals surface area (Å²) >= 11 is 7.32. The van der Waals surface area contributed by atoms with Crippen molar-refractivity contribution < 1.29 is 13.9 Å². The minimum absolute atomic E-state index is 0.0521. The van der Waals surface area contributed by atoms with Crippen molar-refractivity contribution in [3.05, 3.63) is 53.4 Å². The van der Waals surface area contributed by atoms with Crippen LogP contribution in [0.5, 0.6) is 0 Å². The quantitative estimate of drug-likeness (QED) is 0.533. The Hall–Kier alpha value is -2.29. The Morgan fingerprint density at radius 2 is 2.11 bits per heavy atom. The zero-order chi connectivity index (χ0) is 19.9. The summed E-state index contributed by atoms with van der Waals surface area (Å²) in [4.78, 5) is 12.2. The summed E-state index contributed by atoms with van der Waals surface area (Å²) in [6.45, 7) is 2.82. The van der Waals surface area contributed by atoms with E-state index in [1.165, 1.54) is 11.8 Å². The molecule has 0 spiro atoms. The van der Waals surface area contributed by atoms with Crippen LogP contribution >= 0.6 is 23.4 Å². The van der Waals surface area contributed by atoms with Gasteiger partial charge in [0.1, 0.15) is 5.76 Å². The number of benzene rings is 1. The van der Waals surface area contributed by atoms with E-state index in [2.05, 4.69) is 15.5 Å². The second-order valence-electron chi connectivity index (χ2n) is 6.19. The molecule has 3 rings (SSSR count). The second kappa shape index (κ2) is 9.77. The number of rotatable bonds is 9. The summed E-state index contributed by atoms with van der Waals surface area (Å²) in [7, 11) is 1.60. The molecule has 1 atom stereocenters. The van der Waals surface area contributed by atoms with E-state index < -0.39 is 0 Å². The van der Waals surface area contributed by atoms with Crippen LogP contribution in [0.15, 0.2) is 52.2 Å². The molecule has 7 nitrogen and oxygen atoms in total. The van der Waals surface area contributed by atoms with Crippen molar-refractivity contribution in [1.82, 2.24) is 20.1 Å². The van der Waals surface area contributed by atoms with Gasteiger partial charge in [0.05, 0.1) is 25.2 Å². The van der Waals surface area contributed by atoms with Crippen LogP contribution in [0.4, 0.5) is 0 Å². The third-order valence-corrected chi connectivity index (χ3v) is 5.09. The van der Waals surface area contributed by atoms with Crippen LogP contribution in [0.3, 0.4) is 0 Å². The number of carbonyl (C=O) groups excluding carboxylic acids is 1. The fourth-order valence-electron chi connectivity index (χ4n) is 2.65. The van der Waals surface area contributed by atoms with Crippen molar-refractivity contribution in [2.45, 2.75) is 24.7 Å². The Bertz CT molecular complexity index is 897. The minimum Gasteiger partial charge on any atom is -0.467 e. The molecular weight excluding hydrogens is 400 g/mol. The molecule has 1 N–H and O–H groups in total. The predicted molar refractivity (Wildman–Crippen MR) is 108 cm³/mol. The van der Waals surface area contributed by atoms with Gasteiger partial charge in [-0.1, -0.05) is 23.4 Å². The first kappa shape index (κ1) is 20.4. The molecule has 0 bridgehead atoms. The predicted octanol–water partition coefficient (Wildman–Crippen LogP) is 3.48. The van der Waals surface area contributed by atoms with Crippen LogP contribution in [0.25, 0.3) is 11.4 Å². The Balaban J connectivity index is 1.78. The molecule has 0 aliphatic heterocycles. The van der Waals surface area contributed by atoms with Gasteiger partial charge >= 0.3 is 0 Å². The standard InChI is InChI=1S/C19H21ClN4O3S/c1-13(11-26-2)21-17(25)12-28-19-23-22-18(14-5-7-15(20)8-6-14)24(19)10-16-4-3-9-27-16/h3-9,13H,10-12H2,1-2H3,(H,21,25). The first-order valence-corrected chi connectivity index (χ1v) is 10.1. The van der Waals surface area contributed by atoms with E-state index in [1.807, 2.05) is 35.8 Å². The van der Waals surface area contributed by atoms with Crippen LogP contribution < -0.4 is 5.32 Å². The molecule has 0 fully saturated rings. The van der Waals surface area contributed by atoms with E-state index in [-0.39, 0.29) is 17.7 Å². The molecule has 3 aromatic rings. The fraction of sp³-hybridized carbons (Fsp3) is 0.316. The van der Waals surface area contributed by atoms with Crippen molar-refractivity contribution in [3.63, 3.8) is 0 Å². The molecule has 28 heavy (non-hydrogen) atoms. The lowest BCUT2D eigenvalue weighted by Gasteiger charge is -2.12. The van der Waals surface area contributed by atoms with Crippen molar-refractivity contribution in [2.75, 3.05) is 19.5 Å². The van der Waals surface area contributed by atoms with E-state index in [4.69, 9.17) is 20.8 Å². The number of hydrogen-bond donors (Lipinski definition) is 1. The summed E-state index contributed by atoms with van der Waals surface area (Å²) in [5.74, 6) is 1.60. The van der Waals surface area contributed by atoms with Gasteiger partial charge in [0.15, 0.2) is 11.0 Å². The monoisotopic (exact) mass is 420 g/mol. The number of furan rings is 1. The molecule has 0 saturated carbocycles. The van der Waals surface area contributed by atoms with E-state index in [9.17, 15) is 4.79 Å². The first-order chi connectivity index (χ1) is 13.6. The number of nitrogens with one attached hydrogen (secondary N) is 1. The van der Waals surface area contributed by atoms with Gasteiger partial charge in [0.2, 0.25) is 5.91 Å². The number of amides is 1. The Morgan fingerprint density at radius 3 is 2.79 bits per heavy atom. The number of aromatic nitrogens is 3. The molecule has 2 heterocycles. The Morgan fingerprint density at radius 1 is 1.32 bits per heavy atom. The number of halogens is 1. The van der Waals surface area contributed by atoms with E-state index in [0.717, 1.165) is 11.3 Å². The van der Waals surface area contributed by atoms with Gasteiger partial charge in [-0.2, -0.15) is 0 Å². The van der Waals surface area contributed by atoms with Crippen LogP contribution in [0.1, 0.15) is 12.7 Å². The molecule has 0 aliphatic rings. The number of ether oxygens (including phenoxy) is 1. The summed E-state index contributed by atoms with van der Waals surface area (Å²) in [6, 6.07) is 11.1. The average Bonchev–Trinajstić information content (AvgIpc) is 3.31.